The molecule has 0 aromatic carbocycles. The predicted octanol–water partition coefficient (Wildman–Crippen LogP) is -1.42. The number of carboxylic acids is 1. The standard InChI is InChI=1S/C48H80N12O10/c1-25(2)20-35-42(65)57-36(21-27-23-52-31-12-6-4-10-29(27)31)43(66)58-37(22-28-24-53-32-13-7-5-11-30(28)32)44(67)59-40(26(3)61)46(69)55-34(16-17-39(62)63)47(70)60-19-9-15-38(60)45(68)54-33(41(64)56-35)14-8-18-51-48(49)50/h25-38,40,52-53,61H,4-24H2,1-3H3,(H,54,68)(H,55,69)(H,56,64)(H,57,65)(H,58,66)(H,59,67)(H,62,63)(H4,49,50,51)/t26-,27?,28?,29?,30?,31?,32?,33+,34-,35-,36+,37-,38-,40+/m0/s1. The molecule has 7 amide bonds. The molecule has 2 saturated carbocycles. The fourth-order valence-electron chi connectivity index (χ4n) is 12.0. The number of carbonyl (C=O) groups is 8. The fourth-order valence-corrected chi connectivity index (χ4v) is 12.0. The molecule has 6 fully saturated rings. The molecule has 0 spiro atoms. The number of carbonyl (C=O) groups excluding carboxylic acids is 7. The van der Waals surface area contributed by atoms with E-state index in [1.807, 2.05) is 13.8 Å². The van der Waals surface area contributed by atoms with Crippen molar-refractivity contribution in [2.45, 2.75) is 190 Å². The molecule has 4 saturated heterocycles. The second-order valence-corrected chi connectivity index (χ2v) is 21.2. The Labute approximate surface area is 410 Å². The minimum absolute atomic E-state index is 0.00309. The van der Waals surface area contributed by atoms with Crippen molar-refractivity contribution in [3.63, 3.8) is 0 Å². The number of nitrogens with one attached hydrogen (secondary N) is 8. The number of nitrogens with two attached hydrogens (primary N) is 2. The number of rotatable bonds is 14. The van der Waals surface area contributed by atoms with Crippen LogP contribution in [0.1, 0.15) is 130 Å². The minimum atomic E-state index is -1.65. The van der Waals surface area contributed by atoms with Crippen molar-refractivity contribution >= 4 is 53.3 Å². The van der Waals surface area contributed by atoms with Gasteiger partial charge in [0.05, 0.1) is 6.10 Å². The zero-order chi connectivity index (χ0) is 50.6. The Kier molecular flexibility index (Phi) is 19.6. The van der Waals surface area contributed by atoms with Crippen molar-refractivity contribution in [1.29, 1.82) is 0 Å². The van der Waals surface area contributed by atoms with E-state index in [0.717, 1.165) is 51.4 Å². The molecule has 6 rings (SSSR count). The van der Waals surface area contributed by atoms with Gasteiger partial charge in [0.2, 0.25) is 41.4 Å². The van der Waals surface area contributed by atoms with E-state index < -0.39 is 102 Å². The van der Waals surface area contributed by atoms with Crippen molar-refractivity contribution in [1.82, 2.24) is 47.4 Å². The molecule has 6 aliphatic rings. The van der Waals surface area contributed by atoms with Gasteiger partial charge in [0.25, 0.3) is 0 Å². The number of nitrogens with zero attached hydrogens (tertiary/aromatic N) is 2. The lowest BCUT2D eigenvalue weighted by Gasteiger charge is -2.33. The van der Waals surface area contributed by atoms with Gasteiger partial charge in [0.1, 0.15) is 42.3 Å². The molecule has 2 aliphatic carbocycles. The Morgan fingerprint density at radius 1 is 0.643 bits per heavy atom. The molecule has 6 unspecified atom stereocenters. The Hall–Kier alpha value is -5.09. The second-order valence-electron chi connectivity index (χ2n) is 21.2. The largest absolute Gasteiger partial charge is 0.481 e. The van der Waals surface area contributed by atoms with Gasteiger partial charge in [-0.15, -0.1) is 0 Å². The molecular formula is C48H80N12O10. The maximum absolute atomic E-state index is 15.0. The van der Waals surface area contributed by atoms with Crippen LogP contribution in [-0.2, 0) is 38.4 Å². The number of aliphatic hydroxyl groups excluding tert-OH is 1. The Bertz CT molecular complexity index is 1920. The zero-order valence-corrected chi connectivity index (χ0v) is 41.2. The molecule has 4 aliphatic heterocycles. The number of carboxylic acid groups (broad SMARTS) is 1. The summed E-state index contributed by atoms with van der Waals surface area (Å²) in [6.07, 6.45) is 7.09. The summed E-state index contributed by atoms with van der Waals surface area (Å²) in [4.78, 5) is 119. The van der Waals surface area contributed by atoms with Crippen molar-refractivity contribution in [2.75, 3.05) is 26.2 Å². The third kappa shape index (κ3) is 14.5. The van der Waals surface area contributed by atoms with E-state index in [1.165, 1.54) is 11.8 Å². The van der Waals surface area contributed by atoms with Gasteiger partial charge in [-0.05, 0) is 127 Å². The van der Waals surface area contributed by atoms with Crippen LogP contribution >= 0.6 is 0 Å². The molecular weight excluding hydrogens is 905 g/mol. The maximum Gasteiger partial charge on any atom is 0.303 e. The Morgan fingerprint density at radius 3 is 1.71 bits per heavy atom. The third-order valence-corrected chi connectivity index (χ3v) is 15.6. The predicted molar refractivity (Wildman–Crippen MR) is 258 cm³/mol. The summed E-state index contributed by atoms with van der Waals surface area (Å²) >= 11 is 0. The van der Waals surface area contributed by atoms with E-state index in [2.05, 4.69) is 47.5 Å². The van der Waals surface area contributed by atoms with E-state index in [4.69, 9.17) is 11.5 Å². The summed E-state index contributed by atoms with van der Waals surface area (Å²) in [5, 5.41) is 44.8. The molecule has 70 heavy (non-hydrogen) atoms. The number of aliphatic hydroxyl groups is 1. The van der Waals surface area contributed by atoms with E-state index in [9.17, 15) is 48.6 Å². The number of fused-ring (bicyclic) bond motifs is 3. The highest BCUT2D eigenvalue weighted by atomic mass is 16.4. The minimum Gasteiger partial charge on any atom is -0.481 e. The average Bonchev–Trinajstić information content (AvgIpc) is 4.08. The van der Waals surface area contributed by atoms with E-state index in [1.54, 1.807) is 0 Å². The molecule has 0 aromatic heterocycles. The van der Waals surface area contributed by atoms with Crippen LogP contribution in [0.5, 0.6) is 0 Å². The molecule has 392 valence electrons. The SMILES string of the molecule is CC(C)C[C@@H]1NC(=O)[C@@H](CCCN=C(N)N)NC(=O)[C@@H]2CCCN2C(=O)[C@H](CCC(=O)O)NC(=O)[C@@H]([C@H](C)O)NC(=O)[C@H](CC2CNC3CCCCC23)NC(=O)[C@@H](CC2CNC3CCCCC23)NC1=O. The smallest absolute Gasteiger partial charge is 0.303 e. The van der Waals surface area contributed by atoms with Crippen LogP contribution in [0.15, 0.2) is 4.99 Å². The van der Waals surface area contributed by atoms with Crippen LogP contribution in [0.3, 0.4) is 0 Å². The molecule has 4 heterocycles. The Balaban J connectivity index is 1.39. The van der Waals surface area contributed by atoms with Gasteiger partial charge in [-0.3, -0.25) is 43.3 Å². The normalized spacial score (nSPS) is 34.3. The number of hydrogen-bond donors (Lipinski definition) is 12. The first-order valence-electron chi connectivity index (χ1n) is 25.9. The van der Waals surface area contributed by atoms with Gasteiger partial charge in [-0.1, -0.05) is 39.5 Å². The van der Waals surface area contributed by atoms with Crippen molar-refractivity contribution < 1.29 is 48.6 Å². The monoisotopic (exact) mass is 985 g/mol. The maximum atomic E-state index is 15.0. The first-order chi connectivity index (χ1) is 33.4. The van der Waals surface area contributed by atoms with Gasteiger partial charge >= 0.3 is 5.97 Å². The van der Waals surface area contributed by atoms with Crippen LogP contribution in [-0.4, -0.2) is 155 Å². The second kappa shape index (κ2) is 25.3. The van der Waals surface area contributed by atoms with Gasteiger partial charge in [0.15, 0.2) is 5.96 Å². The lowest BCUT2D eigenvalue weighted by molar-refractivity contribution is -0.144. The topological polar surface area (TPSA) is 341 Å². The average molecular weight is 985 g/mol. The van der Waals surface area contributed by atoms with Gasteiger partial charge in [0, 0.05) is 31.6 Å². The summed E-state index contributed by atoms with van der Waals surface area (Å²) in [7, 11) is 0. The molecule has 0 radical (unpaired) electrons. The van der Waals surface area contributed by atoms with Crippen LogP contribution in [0.25, 0.3) is 0 Å². The number of hydrogen-bond acceptors (Lipinski definition) is 12. The highest BCUT2D eigenvalue weighted by Gasteiger charge is 2.45. The fraction of sp³-hybridized carbons (Fsp3) is 0.812. The first-order valence-corrected chi connectivity index (χ1v) is 25.9. The van der Waals surface area contributed by atoms with Crippen molar-refractivity contribution in [3.8, 4) is 0 Å². The van der Waals surface area contributed by atoms with E-state index in [-0.39, 0.29) is 106 Å². The number of guanidine groups is 1. The summed E-state index contributed by atoms with van der Waals surface area (Å²) < 4.78 is 0. The van der Waals surface area contributed by atoms with Crippen molar-refractivity contribution in [2.24, 2.45) is 46.0 Å². The summed E-state index contributed by atoms with van der Waals surface area (Å²) in [6.45, 7) is 6.48. The van der Waals surface area contributed by atoms with Gasteiger partial charge in [-0.25, -0.2) is 0 Å². The van der Waals surface area contributed by atoms with E-state index >= 15 is 0 Å². The highest BCUT2D eigenvalue weighted by molar-refractivity contribution is 5.99. The number of aliphatic carboxylic acids is 1. The summed E-state index contributed by atoms with van der Waals surface area (Å²) in [5.74, 6) is -6.20. The zero-order valence-electron chi connectivity index (χ0n) is 41.2. The van der Waals surface area contributed by atoms with Gasteiger partial charge < -0.3 is 69.1 Å². The van der Waals surface area contributed by atoms with Crippen molar-refractivity contribution in [3.05, 3.63) is 0 Å². The quantitative estimate of drug-likeness (QED) is 0.0541. The lowest BCUT2D eigenvalue weighted by Crippen LogP contribution is -2.62. The molecule has 22 nitrogen and oxygen atoms in total. The highest BCUT2D eigenvalue weighted by Crippen LogP contribution is 2.38. The van der Waals surface area contributed by atoms with Crippen LogP contribution in [0.2, 0.25) is 0 Å². The number of amides is 7. The Morgan fingerprint density at radius 2 is 1.16 bits per heavy atom. The third-order valence-electron chi connectivity index (χ3n) is 15.6. The molecule has 0 aromatic rings. The van der Waals surface area contributed by atoms with E-state index in [0.29, 0.717) is 19.5 Å². The summed E-state index contributed by atoms with van der Waals surface area (Å²) in [6, 6.07) is -8.52. The van der Waals surface area contributed by atoms with Crippen LogP contribution < -0.4 is 54.0 Å². The molecule has 14 N–H and O–H groups in total. The first kappa shape index (κ1) is 54.2. The van der Waals surface area contributed by atoms with Gasteiger partial charge in [-0.2, -0.15) is 0 Å². The number of aliphatic imine (C=N–C) groups is 1. The molecule has 22 heteroatoms. The molecule has 14 atom stereocenters. The summed E-state index contributed by atoms with van der Waals surface area (Å²) in [5.41, 5.74) is 11.1. The lowest BCUT2D eigenvalue weighted by atomic mass is 9.77. The van der Waals surface area contributed by atoms with Crippen LogP contribution in [0.4, 0.5) is 0 Å². The molecule has 0 bridgehead atoms. The van der Waals surface area contributed by atoms with Crippen LogP contribution in [0, 0.1) is 29.6 Å².